The highest BCUT2D eigenvalue weighted by Gasteiger charge is 2.15. The van der Waals surface area contributed by atoms with Gasteiger partial charge >= 0.3 is 0 Å². The van der Waals surface area contributed by atoms with E-state index in [1.54, 1.807) is 11.3 Å². The summed E-state index contributed by atoms with van der Waals surface area (Å²) in [6.07, 6.45) is 1.91. The number of H-pyrrole nitrogens is 1. The molecule has 2 N–H and O–H groups in total. The maximum Gasteiger partial charge on any atom is 0.0794 e. The van der Waals surface area contributed by atoms with Gasteiger partial charge in [-0.1, -0.05) is 12.1 Å². The van der Waals surface area contributed by atoms with E-state index in [-0.39, 0.29) is 0 Å². The highest BCUT2D eigenvalue weighted by molar-refractivity contribution is 7.13. The molecule has 0 aliphatic heterocycles. The molecule has 0 fully saturated rings. The van der Waals surface area contributed by atoms with Crippen LogP contribution in [-0.2, 0) is 6.54 Å². The molecule has 0 saturated carbocycles. The molecular weight excluding hydrogens is 312 g/mol. The normalized spacial score (nSPS) is 12.9. The highest BCUT2D eigenvalue weighted by Crippen LogP contribution is 2.26. The summed E-state index contributed by atoms with van der Waals surface area (Å²) < 4.78 is 0. The maximum atomic E-state index is 4.19. The van der Waals surface area contributed by atoms with Gasteiger partial charge in [-0.05, 0) is 37.0 Å². The van der Waals surface area contributed by atoms with Crippen LogP contribution in [0.5, 0.6) is 0 Å². The smallest absolute Gasteiger partial charge is 0.0794 e. The summed E-state index contributed by atoms with van der Waals surface area (Å²) in [5.74, 6) is 0. The largest absolute Gasteiger partial charge is 0.311 e. The van der Waals surface area contributed by atoms with Crippen molar-refractivity contribution in [1.29, 1.82) is 0 Å². The van der Waals surface area contributed by atoms with Gasteiger partial charge in [-0.15, -0.1) is 22.7 Å². The zero-order chi connectivity index (χ0) is 15.4. The van der Waals surface area contributed by atoms with Gasteiger partial charge in [0.1, 0.15) is 0 Å². The molecule has 0 amide bonds. The zero-order valence-corrected chi connectivity index (χ0v) is 14.4. The van der Waals surface area contributed by atoms with Crippen LogP contribution in [0.2, 0.25) is 0 Å². The minimum Gasteiger partial charge on any atom is -0.311 e. The molecule has 3 rings (SSSR count). The van der Waals surface area contributed by atoms with Crippen molar-refractivity contribution in [1.82, 2.24) is 20.4 Å². The van der Waals surface area contributed by atoms with Crippen LogP contribution in [0.1, 0.15) is 16.5 Å². The van der Waals surface area contributed by atoms with Crippen LogP contribution in [0.15, 0.2) is 41.2 Å². The molecule has 3 aromatic rings. The van der Waals surface area contributed by atoms with E-state index in [1.165, 1.54) is 15.3 Å². The van der Waals surface area contributed by atoms with E-state index in [9.17, 15) is 0 Å². The van der Waals surface area contributed by atoms with Gasteiger partial charge in [-0.3, -0.25) is 5.10 Å². The molecule has 0 aliphatic rings. The first-order valence-electron chi connectivity index (χ1n) is 7.22. The Morgan fingerprint density at radius 2 is 2.05 bits per heavy atom. The number of likely N-dealkylation sites (N-methyl/N-ethyl adjacent to an activating group) is 1. The Morgan fingerprint density at radius 1 is 1.23 bits per heavy atom. The van der Waals surface area contributed by atoms with Crippen LogP contribution in [-0.4, -0.2) is 35.7 Å². The molecule has 0 bridgehead atoms. The van der Waals surface area contributed by atoms with E-state index in [4.69, 9.17) is 0 Å². The Morgan fingerprint density at radius 3 is 2.73 bits per heavy atom. The third kappa shape index (κ3) is 3.47. The Hall–Kier alpha value is -1.47. The second-order valence-corrected chi connectivity index (χ2v) is 7.30. The number of hydrogen-bond donors (Lipinski definition) is 2. The van der Waals surface area contributed by atoms with Crippen LogP contribution < -0.4 is 5.32 Å². The van der Waals surface area contributed by atoms with Crippen molar-refractivity contribution in [3.63, 3.8) is 0 Å². The second-order valence-electron chi connectivity index (χ2n) is 5.37. The van der Waals surface area contributed by atoms with E-state index in [0.717, 1.165) is 18.8 Å². The summed E-state index contributed by atoms with van der Waals surface area (Å²) in [5, 5.41) is 15.1. The van der Waals surface area contributed by atoms with E-state index >= 15 is 0 Å². The van der Waals surface area contributed by atoms with Gasteiger partial charge in [-0.25, -0.2) is 0 Å². The molecule has 1 atom stereocenters. The summed E-state index contributed by atoms with van der Waals surface area (Å²) >= 11 is 3.54. The fraction of sp³-hybridized carbons (Fsp3) is 0.312. The topological polar surface area (TPSA) is 44.0 Å². The zero-order valence-electron chi connectivity index (χ0n) is 12.7. The number of hydrogen-bond acceptors (Lipinski definition) is 5. The third-order valence-electron chi connectivity index (χ3n) is 3.63. The molecule has 0 aromatic carbocycles. The number of aromatic amines is 1. The summed E-state index contributed by atoms with van der Waals surface area (Å²) in [6.45, 7) is 1.74. The number of nitrogens with zero attached hydrogens (tertiary/aromatic N) is 2. The maximum absolute atomic E-state index is 4.19. The van der Waals surface area contributed by atoms with Crippen molar-refractivity contribution < 1.29 is 0 Å². The van der Waals surface area contributed by atoms with E-state index in [1.807, 2.05) is 17.5 Å². The lowest BCUT2D eigenvalue weighted by Gasteiger charge is -2.23. The summed E-state index contributed by atoms with van der Waals surface area (Å²) in [5.41, 5.74) is 2.34. The minimum absolute atomic E-state index is 0.400. The lowest BCUT2D eigenvalue weighted by atomic mass is 10.2. The Kier molecular flexibility index (Phi) is 5.04. The number of rotatable bonds is 7. The monoisotopic (exact) mass is 332 g/mol. The lowest BCUT2D eigenvalue weighted by Crippen LogP contribution is -2.30. The van der Waals surface area contributed by atoms with Gasteiger partial charge in [0, 0.05) is 23.5 Å². The number of thiophene rings is 2. The van der Waals surface area contributed by atoms with Crippen LogP contribution in [0.3, 0.4) is 0 Å². The van der Waals surface area contributed by atoms with Gasteiger partial charge < -0.3 is 10.2 Å². The van der Waals surface area contributed by atoms with Crippen molar-refractivity contribution in [2.45, 2.75) is 12.6 Å². The van der Waals surface area contributed by atoms with Crippen LogP contribution >= 0.6 is 22.7 Å². The predicted octanol–water partition coefficient (Wildman–Crippen LogP) is 3.59. The molecule has 3 aromatic heterocycles. The lowest BCUT2D eigenvalue weighted by molar-refractivity contribution is 0.292. The van der Waals surface area contributed by atoms with Gasteiger partial charge in [0.15, 0.2) is 0 Å². The number of nitrogens with one attached hydrogen (secondary N) is 2. The minimum atomic E-state index is 0.400. The quantitative estimate of drug-likeness (QED) is 0.695. The predicted molar refractivity (Wildman–Crippen MR) is 94.4 cm³/mol. The van der Waals surface area contributed by atoms with Crippen LogP contribution in [0, 0.1) is 0 Å². The Balaban J connectivity index is 1.62. The molecular formula is C16H20N4S2. The Bertz CT molecular complexity index is 671. The third-order valence-corrected chi connectivity index (χ3v) is 5.49. The van der Waals surface area contributed by atoms with Crippen LogP contribution in [0.25, 0.3) is 10.6 Å². The van der Waals surface area contributed by atoms with Crippen LogP contribution in [0.4, 0.5) is 0 Å². The average molecular weight is 332 g/mol. The van der Waals surface area contributed by atoms with Gasteiger partial charge in [0.25, 0.3) is 0 Å². The van der Waals surface area contributed by atoms with Crippen molar-refractivity contribution in [2.75, 3.05) is 20.6 Å². The SMILES string of the molecule is CN(C)[C@H](CNCc1cn[nH]c1-c1cccs1)c1cccs1. The molecule has 0 unspecified atom stereocenters. The van der Waals surface area contributed by atoms with E-state index in [0.29, 0.717) is 6.04 Å². The van der Waals surface area contributed by atoms with Gasteiger partial charge in [0.2, 0.25) is 0 Å². The first-order chi connectivity index (χ1) is 10.8. The standard InChI is InChI=1S/C16H20N4S2/c1-20(2)13(14-5-3-7-21-14)11-17-9-12-10-18-19-16(12)15-6-4-8-22-15/h3-8,10,13,17H,9,11H2,1-2H3,(H,18,19)/t13-/m1/s1. The average Bonchev–Trinajstić information content (AvgIpc) is 3.22. The first kappa shape index (κ1) is 15.4. The van der Waals surface area contributed by atoms with E-state index in [2.05, 4.69) is 69.5 Å². The van der Waals surface area contributed by atoms with Crippen molar-refractivity contribution >= 4 is 22.7 Å². The van der Waals surface area contributed by atoms with Crippen molar-refractivity contribution in [2.24, 2.45) is 0 Å². The van der Waals surface area contributed by atoms with E-state index < -0.39 is 0 Å². The summed E-state index contributed by atoms with van der Waals surface area (Å²) in [7, 11) is 4.25. The fourth-order valence-corrected chi connectivity index (χ4v) is 4.12. The van der Waals surface area contributed by atoms with Crippen molar-refractivity contribution in [3.8, 4) is 10.6 Å². The highest BCUT2D eigenvalue weighted by atomic mass is 32.1. The molecule has 3 heterocycles. The molecule has 4 nitrogen and oxygen atoms in total. The molecule has 116 valence electrons. The molecule has 0 saturated heterocycles. The molecule has 0 radical (unpaired) electrons. The first-order valence-corrected chi connectivity index (χ1v) is 8.98. The fourth-order valence-electron chi connectivity index (χ4n) is 2.44. The van der Waals surface area contributed by atoms with Crippen molar-refractivity contribution in [3.05, 3.63) is 51.7 Å². The second kappa shape index (κ2) is 7.19. The Labute approximate surface area is 138 Å². The van der Waals surface area contributed by atoms with Gasteiger partial charge in [0.05, 0.1) is 22.8 Å². The molecule has 6 heteroatoms. The summed E-state index contributed by atoms with van der Waals surface area (Å²) in [6, 6.07) is 8.90. The number of aromatic nitrogens is 2. The molecule has 22 heavy (non-hydrogen) atoms. The molecule has 0 spiro atoms. The van der Waals surface area contributed by atoms with Gasteiger partial charge in [-0.2, -0.15) is 5.10 Å². The molecule has 0 aliphatic carbocycles. The summed E-state index contributed by atoms with van der Waals surface area (Å²) in [4.78, 5) is 4.88.